The van der Waals surface area contributed by atoms with Crippen LogP contribution in [0.15, 0.2) is 29.2 Å². The first kappa shape index (κ1) is 21.3. The highest BCUT2D eigenvalue weighted by Gasteiger charge is 2.26. The predicted molar refractivity (Wildman–Crippen MR) is 98.7 cm³/mol. The molecular formula is C18H26N2O6S. The molecule has 1 aromatic carbocycles. The number of nitrogens with one attached hydrogen (secondary N) is 1. The molecule has 1 amide bonds. The van der Waals surface area contributed by atoms with Crippen molar-refractivity contribution in [3.8, 4) is 0 Å². The lowest BCUT2D eigenvalue weighted by atomic mass is 10.0. The summed E-state index contributed by atoms with van der Waals surface area (Å²) in [5.41, 5.74) is 0.838. The largest absolute Gasteiger partial charge is 0.481 e. The molecule has 2 atom stereocenters. The van der Waals surface area contributed by atoms with E-state index >= 15 is 0 Å². The predicted octanol–water partition coefficient (Wildman–Crippen LogP) is 0.866. The van der Waals surface area contributed by atoms with Gasteiger partial charge in [-0.3, -0.25) is 9.59 Å². The Balaban J connectivity index is 1.90. The summed E-state index contributed by atoms with van der Waals surface area (Å²) in [6.45, 7) is 4.67. The number of hydrogen-bond donors (Lipinski definition) is 2. The summed E-state index contributed by atoms with van der Waals surface area (Å²) in [5, 5.41) is 11.6. The van der Waals surface area contributed by atoms with E-state index in [4.69, 9.17) is 9.84 Å². The molecule has 0 radical (unpaired) electrons. The average molecular weight is 398 g/mol. The number of carbonyl (C=O) groups excluding carboxylic acids is 1. The van der Waals surface area contributed by atoms with E-state index in [1.165, 1.54) is 4.31 Å². The minimum absolute atomic E-state index is 0.201. The first-order chi connectivity index (χ1) is 12.7. The van der Waals surface area contributed by atoms with Crippen LogP contribution in [0.5, 0.6) is 0 Å². The first-order valence-corrected chi connectivity index (χ1v) is 10.3. The molecule has 0 bridgehead atoms. The van der Waals surface area contributed by atoms with Crippen molar-refractivity contribution in [1.29, 1.82) is 0 Å². The topological polar surface area (TPSA) is 113 Å². The van der Waals surface area contributed by atoms with Crippen LogP contribution in [-0.2, 0) is 30.8 Å². The quantitative estimate of drug-likeness (QED) is 0.672. The third-order valence-corrected chi connectivity index (χ3v) is 6.61. The third-order valence-electron chi connectivity index (χ3n) is 4.70. The highest BCUT2D eigenvalue weighted by molar-refractivity contribution is 7.89. The standard InChI is InChI=1S/C18H26N2O6S/c1-13(18(22)23)14(2)19-17(21)8-5-15-3-6-16(7-4-15)27(24,25)20-9-11-26-12-10-20/h3-4,6-7,13-14H,5,8-12H2,1-2H3,(H,19,21)(H,22,23). The monoisotopic (exact) mass is 398 g/mol. The number of carboxylic acids is 1. The highest BCUT2D eigenvalue weighted by atomic mass is 32.2. The van der Waals surface area contributed by atoms with Crippen LogP contribution in [0.25, 0.3) is 0 Å². The number of morpholine rings is 1. The number of amides is 1. The second kappa shape index (κ2) is 9.29. The number of nitrogens with zero attached hydrogens (tertiary/aromatic N) is 1. The Morgan fingerprint density at radius 3 is 2.33 bits per heavy atom. The molecule has 1 heterocycles. The second-order valence-corrected chi connectivity index (χ2v) is 8.58. The Kier molecular flexibility index (Phi) is 7.34. The van der Waals surface area contributed by atoms with Crippen molar-refractivity contribution in [3.63, 3.8) is 0 Å². The first-order valence-electron chi connectivity index (χ1n) is 8.91. The summed E-state index contributed by atoms with van der Waals surface area (Å²) >= 11 is 0. The van der Waals surface area contributed by atoms with Gasteiger partial charge in [0.15, 0.2) is 0 Å². The van der Waals surface area contributed by atoms with Crippen molar-refractivity contribution in [2.45, 2.75) is 37.6 Å². The van der Waals surface area contributed by atoms with E-state index in [0.29, 0.717) is 32.7 Å². The van der Waals surface area contributed by atoms with E-state index in [-0.39, 0.29) is 17.2 Å². The van der Waals surface area contributed by atoms with E-state index in [2.05, 4.69) is 5.32 Å². The number of rotatable bonds is 8. The lowest BCUT2D eigenvalue weighted by molar-refractivity contribution is -0.142. The summed E-state index contributed by atoms with van der Waals surface area (Å²) in [7, 11) is -3.53. The van der Waals surface area contributed by atoms with Crippen LogP contribution in [-0.4, -0.2) is 62.1 Å². The molecule has 0 aromatic heterocycles. The molecule has 27 heavy (non-hydrogen) atoms. The van der Waals surface area contributed by atoms with Gasteiger partial charge in [0.05, 0.1) is 24.0 Å². The molecule has 0 saturated carbocycles. The molecule has 0 spiro atoms. The number of hydrogen-bond acceptors (Lipinski definition) is 5. The zero-order valence-electron chi connectivity index (χ0n) is 15.6. The van der Waals surface area contributed by atoms with Gasteiger partial charge in [-0.1, -0.05) is 12.1 Å². The molecule has 1 aliphatic rings. The van der Waals surface area contributed by atoms with E-state index < -0.39 is 28.0 Å². The summed E-state index contributed by atoms with van der Waals surface area (Å²) in [6, 6.07) is 6.03. The van der Waals surface area contributed by atoms with Gasteiger partial charge in [-0.2, -0.15) is 4.31 Å². The Bertz CT molecular complexity index is 757. The average Bonchev–Trinajstić information content (AvgIpc) is 2.66. The SMILES string of the molecule is CC(NC(=O)CCc1ccc(S(=O)(=O)N2CCOCC2)cc1)C(C)C(=O)O. The molecule has 1 saturated heterocycles. The summed E-state index contributed by atoms with van der Waals surface area (Å²) in [6.07, 6.45) is 0.643. The number of aliphatic carboxylic acids is 1. The fourth-order valence-corrected chi connectivity index (χ4v) is 4.09. The van der Waals surface area contributed by atoms with Crippen molar-refractivity contribution in [1.82, 2.24) is 9.62 Å². The molecule has 0 aliphatic carbocycles. The molecule has 2 unspecified atom stereocenters. The van der Waals surface area contributed by atoms with E-state index in [1.54, 1.807) is 38.1 Å². The van der Waals surface area contributed by atoms with Crippen LogP contribution in [0.3, 0.4) is 0 Å². The van der Waals surface area contributed by atoms with Crippen molar-refractivity contribution >= 4 is 21.9 Å². The summed E-state index contributed by atoms with van der Waals surface area (Å²) in [4.78, 5) is 23.1. The van der Waals surface area contributed by atoms with Crippen molar-refractivity contribution < 1.29 is 27.9 Å². The zero-order valence-corrected chi connectivity index (χ0v) is 16.4. The minimum Gasteiger partial charge on any atom is -0.481 e. The van der Waals surface area contributed by atoms with Gasteiger partial charge in [-0.05, 0) is 38.0 Å². The summed E-state index contributed by atoms with van der Waals surface area (Å²) in [5.74, 6) is -1.86. The van der Waals surface area contributed by atoms with Crippen LogP contribution in [0.1, 0.15) is 25.8 Å². The Hall–Kier alpha value is -1.97. The molecule has 1 fully saturated rings. The van der Waals surface area contributed by atoms with Crippen molar-refractivity contribution in [2.24, 2.45) is 5.92 Å². The van der Waals surface area contributed by atoms with Crippen LogP contribution in [0.4, 0.5) is 0 Å². The zero-order chi connectivity index (χ0) is 20.0. The second-order valence-electron chi connectivity index (χ2n) is 6.64. The molecule has 2 rings (SSSR count). The van der Waals surface area contributed by atoms with Gasteiger partial charge < -0.3 is 15.2 Å². The maximum Gasteiger partial charge on any atom is 0.308 e. The van der Waals surface area contributed by atoms with Gasteiger partial charge in [-0.15, -0.1) is 0 Å². The van der Waals surface area contributed by atoms with Gasteiger partial charge in [-0.25, -0.2) is 8.42 Å². The summed E-state index contributed by atoms with van der Waals surface area (Å²) < 4.78 is 31.7. The number of benzene rings is 1. The van der Waals surface area contributed by atoms with Gasteiger partial charge in [0.25, 0.3) is 0 Å². The molecule has 1 aliphatic heterocycles. The van der Waals surface area contributed by atoms with Gasteiger partial charge in [0, 0.05) is 25.6 Å². The van der Waals surface area contributed by atoms with Crippen molar-refractivity contribution in [2.75, 3.05) is 26.3 Å². The minimum atomic E-state index is -3.53. The highest BCUT2D eigenvalue weighted by Crippen LogP contribution is 2.18. The molecule has 9 heteroatoms. The maximum absolute atomic E-state index is 12.6. The van der Waals surface area contributed by atoms with Crippen LogP contribution < -0.4 is 5.32 Å². The number of aryl methyl sites for hydroxylation is 1. The van der Waals surface area contributed by atoms with Crippen LogP contribution in [0.2, 0.25) is 0 Å². The molecule has 8 nitrogen and oxygen atoms in total. The normalized spacial score (nSPS) is 17.9. The van der Waals surface area contributed by atoms with Crippen molar-refractivity contribution in [3.05, 3.63) is 29.8 Å². The number of ether oxygens (including phenoxy) is 1. The molecule has 1 aromatic rings. The lowest BCUT2D eigenvalue weighted by Gasteiger charge is -2.26. The lowest BCUT2D eigenvalue weighted by Crippen LogP contribution is -2.40. The van der Waals surface area contributed by atoms with Gasteiger partial charge in [0.2, 0.25) is 15.9 Å². The van der Waals surface area contributed by atoms with E-state index in [1.807, 2.05) is 0 Å². The third kappa shape index (κ3) is 5.75. The fraction of sp³-hybridized carbons (Fsp3) is 0.556. The smallest absolute Gasteiger partial charge is 0.308 e. The van der Waals surface area contributed by atoms with Crippen LogP contribution in [0, 0.1) is 5.92 Å². The van der Waals surface area contributed by atoms with Gasteiger partial charge >= 0.3 is 5.97 Å². The Morgan fingerprint density at radius 1 is 1.19 bits per heavy atom. The van der Waals surface area contributed by atoms with Crippen LogP contribution >= 0.6 is 0 Å². The number of carboxylic acid groups (broad SMARTS) is 1. The maximum atomic E-state index is 12.6. The molecule has 2 N–H and O–H groups in total. The fourth-order valence-electron chi connectivity index (χ4n) is 2.69. The Labute approximate surface area is 159 Å². The van der Waals surface area contributed by atoms with E-state index in [0.717, 1.165) is 5.56 Å². The molecule has 150 valence electrons. The number of sulfonamides is 1. The Morgan fingerprint density at radius 2 is 1.78 bits per heavy atom. The van der Waals surface area contributed by atoms with Gasteiger partial charge in [0.1, 0.15) is 0 Å². The number of carbonyl (C=O) groups is 2. The molecular weight excluding hydrogens is 372 g/mol. The van der Waals surface area contributed by atoms with E-state index in [9.17, 15) is 18.0 Å².